The Bertz CT molecular complexity index is 417. The number of carbonyl (C=O) groups excluding carboxylic acids is 1. The van der Waals surface area contributed by atoms with Crippen molar-refractivity contribution < 1.29 is 4.79 Å². The Labute approximate surface area is 109 Å². The lowest BCUT2D eigenvalue weighted by atomic mass is 9.87. The highest BCUT2D eigenvalue weighted by Crippen LogP contribution is 2.32. The van der Waals surface area contributed by atoms with E-state index in [1.165, 1.54) is 16.1 Å². The van der Waals surface area contributed by atoms with Gasteiger partial charge in [-0.25, -0.2) is 5.84 Å². The van der Waals surface area contributed by atoms with Crippen molar-refractivity contribution in [1.82, 2.24) is 5.01 Å². The van der Waals surface area contributed by atoms with Crippen molar-refractivity contribution in [3.8, 4) is 0 Å². The number of unbranched alkanes of at least 4 members (excludes halogenated alkanes) is 1. The molecule has 1 aliphatic carbocycles. The monoisotopic (exact) mass is 246 g/mol. The maximum absolute atomic E-state index is 12.0. The number of aryl methyl sites for hydroxylation is 1. The Hall–Kier alpha value is -1.35. The van der Waals surface area contributed by atoms with Crippen LogP contribution in [0.15, 0.2) is 24.3 Å². The Balaban J connectivity index is 2.12. The molecule has 1 aromatic carbocycles. The van der Waals surface area contributed by atoms with E-state index in [1.54, 1.807) is 0 Å². The minimum absolute atomic E-state index is 0.0681. The van der Waals surface area contributed by atoms with Gasteiger partial charge in [0.05, 0.1) is 6.04 Å². The Kier molecular flexibility index (Phi) is 4.37. The number of nitrogens with two attached hydrogens (primary N) is 1. The molecule has 2 rings (SSSR count). The van der Waals surface area contributed by atoms with Crippen LogP contribution in [0.3, 0.4) is 0 Å². The van der Waals surface area contributed by atoms with Crippen LogP contribution in [-0.2, 0) is 11.2 Å². The molecule has 2 N–H and O–H groups in total. The molecule has 0 bridgehead atoms. The first-order valence-electron chi connectivity index (χ1n) is 6.88. The molecular weight excluding hydrogens is 224 g/mol. The van der Waals surface area contributed by atoms with Crippen molar-refractivity contribution in [2.75, 3.05) is 0 Å². The molecule has 18 heavy (non-hydrogen) atoms. The standard InChI is InChI=1S/C15H22N2O/c1-2-3-11-15(18)17(16)14-10-6-8-12-7-4-5-9-13(12)14/h4-5,7,9,14H,2-3,6,8,10-11,16H2,1H3. The van der Waals surface area contributed by atoms with E-state index in [-0.39, 0.29) is 11.9 Å². The van der Waals surface area contributed by atoms with Gasteiger partial charge in [0.2, 0.25) is 5.91 Å². The molecule has 1 aromatic rings. The lowest BCUT2D eigenvalue weighted by Gasteiger charge is -2.32. The molecule has 98 valence electrons. The molecule has 0 fully saturated rings. The summed E-state index contributed by atoms with van der Waals surface area (Å²) in [4.78, 5) is 12.0. The van der Waals surface area contributed by atoms with Gasteiger partial charge in [-0.2, -0.15) is 0 Å². The van der Waals surface area contributed by atoms with Gasteiger partial charge in [0.15, 0.2) is 0 Å². The van der Waals surface area contributed by atoms with E-state index < -0.39 is 0 Å². The van der Waals surface area contributed by atoms with Gasteiger partial charge in [-0.1, -0.05) is 37.6 Å². The van der Waals surface area contributed by atoms with Crippen molar-refractivity contribution in [2.24, 2.45) is 5.84 Å². The van der Waals surface area contributed by atoms with Crippen LogP contribution in [0.1, 0.15) is 56.2 Å². The minimum atomic E-state index is 0.0681. The van der Waals surface area contributed by atoms with E-state index in [4.69, 9.17) is 5.84 Å². The summed E-state index contributed by atoms with van der Waals surface area (Å²) in [6.45, 7) is 2.09. The topological polar surface area (TPSA) is 46.3 Å². The Morgan fingerprint density at radius 2 is 2.22 bits per heavy atom. The minimum Gasteiger partial charge on any atom is -0.273 e. The molecule has 1 atom stereocenters. The number of hydrogen-bond acceptors (Lipinski definition) is 2. The summed E-state index contributed by atoms with van der Waals surface area (Å²) in [6, 6.07) is 8.40. The van der Waals surface area contributed by atoms with Gasteiger partial charge in [-0.3, -0.25) is 9.80 Å². The molecule has 0 aliphatic heterocycles. The van der Waals surface area contributed by atoms with Crippen molar-refractivity contribution in [3.05, 3.63) is 35.4 Å². The van der Waals surface area contributed by atoms with Crippen molar-refractivity contribution in [2.45, 2.75) is 51.5 Å². The third kappa shape index (κ3) is 2.72. The number of carbonyl (C=O) groups is 1. The van der Waals surface area contributed by atoms with Gasteiger partial charge in [-0.05, 0) is 36.8 Å². The summed E-state index contributed by atoms with van der Waals surface area (Å²) in [5, 5.41) is 1.47. The Morgan fingerprint density at radius 3 is 3.00 bits per heavy atom. The summed E-state index contributed by atoms with van der Waals surface area (Å²) < 4.78 is 0. The van der Waals surface area contributed by atoms with Crippen LogP contribution >= 0.6 is 0 Å². The van der Waals surface area contributed by atoms with Crippen LogP contribution in [0.5, 0.6) is 0 Å². The summed E-state index contributed by atoms with van der Waals surface area (Å²) in [6.07, 6.45) is 5.69. The second-order valence-corrected chi connectivity index (χ2v) is 5.01. The third-order valence-electron chi connectivity index (χ3n) is 3.71. The largest absolute Gasteiger partial charge is 0.273 e. The quantitative estimate of drug-likeness (QED) is 0.504. The zero-order chi connectivity index (χ0) is 13.0. The highest BCUT2D eigenvalue weighted by molar-refractivity contribution is 5.76. The lowest BCUT2D eigenvalue weighted by Crippen LogP contribution is -2.41. The highest BCUT2D eigenvalue weighted by atomic mass is 16.2. The summed E-state index contributed by atoms with van der Waals surface area (Å²) >= 11 is 0. The smallest absolute Gasteiger partial charge is 0.237 e. The second kappa shape index (κ2) is 6.01. The molecule has 0 heterocycles. The molecule has 0 saturated heterocycles. The van der Waals surface area contributed by atoms with Crippen LogP contribution < -0.4 is 5.84 Å². The van der Waals surface area contributed by atoms with Gasteiger partial charge in [0.25, 0.3) is 0 Å². The van der Waals surface area contributed by atoms with Crippen LogP contribution in [0, 0.1) is 0 Å². The van der Waals surface area contributed by atoms with Crippen LogP contribution in [0.2, 0.25) is 0 Å². The second-order valence-electron chi connectivity index (χ2n) is 5.01. The molecule has 1 amide bonds. The molecule has 0 saturated carbocycles. The number of amides is 1. The first-order chi connectivity index (χ1) is 8.74. The predicted molar refractivity (Wildman–Crippen MR) is 72.7 cm³/mol. The SMILES string of the molecule is CCCCC(=O)N(N)C1CCCc2ccccc21. The van der Waals surface area contributed by atoms with Crippen LogP contribution in [0.25, 0.3) is 0 Å². The van der Waals surface area contributed by atoms with E-state index >= 15 is 0 Å². The number of nitrogens with zero attached hydrogens (tertiary/aromatic N) is 1. The first-order valence-corrected chi connectivity index (χ1v) is 6.88. The van der Waals surface area contributed by atoms with Gasteiger partial charge < -0.3 is 0 Å². The Morgan fingerprint density at radius 1 is 1.44 bits per heavy atom. The zero-order valence-electron chi connectivity index (χ0n) is 11.1. The molecule has 1 aliphatic rings. The number of fused-ring (bicyclic) bond motifs is 1. The van der Waals surface area contributed by atoms with E-state index in [0.29, 0.717) is 6.42 Å². The third-order valence-corrected chi connectivity index (χ3v) is 3.71. The van der Waals surface area contributed by atoms with Gasteiger partial charge in [-0.15, -0.1) is 0 Å². The first kappa shape index (κ1) is 13.1. The fourth-order valence-corrected chi connectivity index (χ4v) is 2.65. The maximum atomic E-state index is 12.0. The van der Waals surface area contributed by atoms with Gasteiger partial charge >= 0.3 is 0 Å². The maximum Gasteiger partial charge on any atom is 0.237 e. The van der Waals surface area contributed by atoms with E-state index in [0.717, 1.165) is 32.1 Å². The average Bonchev–Trinajstić information content (AvgIpc) is 2.43. The number of hydrogen-bond donors (Lipinski definition) is 1. The molecule has 3 nitrogen and oxygen atoms in total. The van der Waals surface area contributed by atoms with Crippen molar-refractivity contribution >= 4 is 5.91 Å². The molecule has 1 unspecified atom stereocenters. The highest BCUT2D eigenvalue weighted by Gasteiger charge is 2.26. The summed E-state index contributed by atoms with van der Waals surface area (Å²) in [5.41, 5.74) is 2.57. The summed E-state index contributed by atoms with van der Waals surface area (Å²) in [5.74, 6) is 6.10. The molecule has 0 radical (unpaired) electrons. The van der Waals surface area contributed by atoms with E-state index in [2.05, 4.69) is 25.1 Å². The molecule has 0 spiro atoms. The zero-order valence-corrected chi connectivity index (χ0v) is 11.1. The number of hydrazine groups is 1. The molecule has 3 heteroatoms. The summed E-state index contributed by atoms with van der Waals surface area (Å²) in [7, 11) is 0. The van der Waals surface area contributed by atoms with E-state index in [1.807, 2.05) is 6.07 Å². The normalized spacial score (nSPS) is 18.2. The van der Waals surface area contributed by atoms with Crippen LogP contribution in [0.4, 0.5) is 0 Å². The van der Waals surface area contributed by atoms with Crippen LogP contribution in [-0.4, -0.2) is 10.9 Å². The fourth-order valence-electron chi connectivity index (χ4n) is 2.65. The van der Waals surface area contributed by atoms with Crippen molar-refractivity contribution in [1.29, 1.82) is 0 Å². The number of rotatable bonds is 4. The van der Waals surface area contributed by atoms with Gasteiger partial charge in [0, 0.05) is 6.42 Å². The fraction of sp³-hybridized carbons (Fsp3) is 0.533. The van der Waals surface area contributed by atoms with E-state index in [9.17, 15) is 4.79 Å². The number of benzene rings is 1. The average molecular weight is 246 g/mol. The lowest BCUT2D eigenvalue weighted by molar-refractivity contribution is -0.134. The van der Waals surface area contributed by atoms with Crippen molar-refractivity contribution in [3.63, 3.8) is 0 Å². The van der Waals surface area contributed by atoms with Gasteiger partial charge in [0.1, 0.15) is 0 Å². The molecule has 0 aromatic heterocycles. The molecular formula is C15H22N2O. The predicted octanol–water partition coefficient (Wildman–Crippen LogP) is 2.96.